The lowest BCUT2D eigenvalue weighted by Crippen LogP contribution is -2.26. The minimum atomic E-state index is -0.323. The molecule has 2 N–H and O–H groups in total. The van der Waals surface area contributed by atoms with Crippen molar-refractivity contribution in [1.29, 1.82) is 0 Å². The zero-order valence-corrected chi connectivity index (χ0v) is 21.4. The fourth-order valence-electron chi connectivity index (χ4n) is 4.53. The van der Waals surface area contributed by atoms with Crippen LogP contribution in [0, 0.1) is 0 Å². The number of ketones is 2. The minimum Gasteiger partial charge on any atom is -0.341 e. The third-order valence-electron chi connectivity index (χ3n) is 6.68. The highest BCUT2D eigenvalue weighted by atomic mass is 16.1. The molecule has 0 saturated carbocycles. The van der Waals surface area contributed by atoms with Crippen LogP contribution in [0.25, 0.3) is 0 Å². The molecular weight excluding hydrogens is 464 g/mol. The fourth-order valence-corrected chi connectivity index (χ4v) is 4.53. The Labute approximate surface area is 216 Å². The number of hydrogen-bond acceptors (Lipinski definition) is 6. The predicted molar refractivity (Wildman–Crippen MR) is 144 cm³/mol. The summed E-state index contributed by atoms with van der Waals surface area (Å²) < 4.78 is 0. The van der Waals surface area contributed by atoms with E-state index >= 15 is 0 Å². The second kappa shape index (κ2) is 11.1. The summed E-state index contributed by atoms with van der Waals surface area (Å²) in [4.78, 5) is 30.6. The first-order chi connectivity index (χ1) is 17.9. The third-order valence-corrected chi connectivity index (χ3v) is 6.68. The van der Waals surface area contributed by atoms with Gasteiger partial charge in [-0.1, -0.05) is 38.1 Å². The highest BCUT2D eigenvalue weighted by molar-refractivity contribution is 5.99. The number of hydrogen-bond donors (Lipinski definition) is 2. The molecule has 8 heteroatoms. The second-order valence-corrected chi connectivity index (χ2v) is 8.85. The molecule has 2 heterocycles. The van der Waals surface area contributed by atoms with Crippen molar-refractivity contribution in [2.45, 2.75) is 46.0 Å². The van der Waals surface area contributed by atoms with Gasteiger partial charge in [-0.05, 0) is 75.2 Å². The van der Waals surface area contributed by atoms with Gasteiger partial charge < -0.3 is 9.97 Å². The Morgan fingerprint density at radius 1 is 0.622 bits per heavy atom. The Bertz CT molecular complexity index is 1370. The molecule has 2 aromatic carbocycles. The van der Waals surface area contributed by atoms with E-state index in [-0.39, 0.29) is 17.0 Å². The normalized spacial score (nSPS) is 12.0. The number of nitrogens with one attached hydrogen (secondary N) is 2. The number of rotatable bonds is 10. The standard InChI is InChI=1S/C29H30N6O2/c1-5-29(6-2,25-15-17-27(30-25)34-32-23-13-9-7-11-21(23)19(3)36)26-16-18-28(31-26)35-33-24-14-10-8-12-22(24)20(4)37/h7-18,30-31H,5-6H2,1-4H3. The number of carbonyl (C=O) groups is 2. The first-order valence-electron chi connectivity index (χ1n) is 12.3. The summed E-state index contributed by atoms with van der Waals surface area (Å²) in [6.45, 7) is 7.31. The molecule has 2 aromatic heterocycles. The van der Waals surface area contributed by atoms with E-state index in [4.69, 9.17) is 0 Å². The van der Waals surface area contributed by atoms with Gasteiger partial charge in [0.05, 0.1) is 11.4 Å². The van der Waals surface area contributed by atoms with Crippen LogP contribution < -0.4 is 0 Å². The van der Waals surface area contributed by atoms with Gasteiger partial charge in [-0.3, -0.25) is 9.59 Å². The van der Waals surface area contributed by atoms with Crippen LogP contribution in [0.3, 0.4) is 0 Å². The van der Waals surface area contributed by atoms with Crippen molar-refractivity contribution in [3.05, 3.63) is 95.3 Å². The van der Waals surface area contributed by atoms with E-state index in [9.17, 15) is 9.59 Å². The number of benzene rings is 2. The van der Waals surface area contributed by atoms with Gasteiger partial charge in [0, 0.05) is 27.9 Å². The molecular formula is C29H30N6O2. The molecule has 0 saturated heterocycles. The maximum Gasteiger partial charge on any atom is 0.162 e. The van der Waals surface area contributed by atoms with E-state index in [0.29, 0.717) is 34.1 Å². The molecule has 0 atom stereocenters. The molecule has 188 valence electrons. The number of Topliss-reactive ketones (excluding diaryl/α,β-unsaturated/α-hetero) is 2. The van der Waals surface area contributed by atoms with Gasteiger partial charge in [-0.15, -0.1) is 20.5 Å². The molecule has 0 amide bonds. The van der Waals surface area contributed by atoms with E-state index in [0.717, 1.165) is 24.2 Å². The van der Waals surface area contributed by atoms with E-state index < -0.39 is 0 Å². The molecule has 0 aliphatic heterocycles. The molecule has 0 fully saturated rings. The molecule has 0 aliphatic carbocycles. The van der Waals surface area contributed by atoms with Crippen LogP contribution in [0.2, 0.25) is 0 Å². The quantitative estimate of drug-likeness (QED) is 0.169. The van der Waals surface area contributed by atoms with Crippen molar-refractivity contribution < 1.29 is 9.59 Å². The minimum absolute atomic E-state index is 0.0535. The summed E-state index contributed by atoms with van der Waals surface area (Å²) in [7, 11) is 0. The third kappa shape index (κ3) is 5.38. The van der Waals surface area contributed by atoms with Gasteiger partial charge in [0.15, 0.2) is 23.2 Å². The van der Waals surface area contributed by atoms with Gasteiger partial charge in [-0.2, -0.15) is 0 Å². The van der Waals surface area contributed by atoms with Gasteiger partial charge in [0.25, 0.3) is 0 Å². The van der Waals surface area contributed by atoms with E-state index in [1.54, 1.807) is 24.3 Å². The zero-order valence-electron chi connectivity index (χ0n) is 21.4. The largest absolute Gasteiger partial charge is 0.341 e. The van der Waals surface area contributed by atoms with Crippen LogP contribution in [0.15, 0.2) is 93.3 Å². The smallest absolute Gasteiger partial charge is 0.162 e. The Kier molecular flexibility index (Phi) is 7.67. The summed E-state index contributed by atoms with van der Waals surface area (Å²) in [6, 6.07) is 22.1. The monoisotopic (exact) mass is 494 g/mol. The summed E-state index contributed by atoms with van der Waals surface area (Å²) in [5.74, 6) is 1.10. The molecule has 8 nitrogen and oxygen atoms in total. The van der Waals surface area contributed by atoms with Crippen molar-refractivity contribution in [2.24, 2.45) is 20.5 Å². The summed E-state index contributed by atoms with van der Waals surface area (Å²) in [5, 5.41) is 17.3. The molecule has 0 unspecified atom stereocenters. The summed E-state index contributed by atoms with van der Waals surface area (Å²) in [5.41, 5.74) is 3.82. The average molecular weight is 495 g/mol. The maximum atomic E-state index is 11.9. The van der Waals surface area contributed by atoms with Crippen LogP contribution in [0.4, 0.5) is 23.0 Å². The maximum absolute atomic E-state index is 11.9. The number of nitrogens with zero attached hydrogens (tertiary/aromatic N) is 4. The van der Waals surface area contributed by atoms with Gasteiger partial charge in [0.2, 0.25) is 0 Å². The lowest BCUT2D eigenvalue weighted by Gasteiger charge is -2.30. The van der Waals surface area contributed by atoms with Crippen molar-refractivity contribution in [2.75, 3.05) is 0 Å². The first-order valence-corrected chi connectivity index (χ1v) is 12.3. The Morgan fingerprint density at radius 3 is 1.41 bits per heavy atom. The van der Waals surface area contributed by atoms with Gasteiger partial charge >= 0.3 is 0 Å². The molecule has 4 aromatic rings. The zero-order chi connectivity index (χ0) is 26.4. The van der Waals surface area contributed by atoms with Crippen LogP contribution in [0.1, 0.15) is 72.6 Å². The van der Waals surface area contributed by atoms with Crippen LogP contribution in [-0.4, -0.2) is 21.5 Å². The number of H-pyrrole nitrogens is 2. The summed E-state index contributed by atoms with van der Waals surface area (Å²) in [6.07, 6.45) is 1.66. The van der Waals surface area contributed by atoms with Gasteiger partial charge in [0.1, 0.15) is 0 Å². The van der Waals surface area contributed by atoms with Crippen molar-refractivity contribution >= 4 is 34.6 Å². The van der Waals surface area contributed by atoms with Crippen LogP contribution in [0.5, 0.6) is 0 Å². The van der Waals surface area contributed by atoms with Gasteiger partial charge in [-0.25, -0.2) is 0 Å². The Balaban J connectivity index is 1.60. The molecule has 37 heavy (non-hydrogen) atoms. The fraction of sp³-hybridized carbons (Fsp3) is 0.241. The lowest BCUT2D eigenvalue weighted by molar-refractivity contribution is 0.101. The molecule has 0 aliphatic rings. The van der Waals surface area contributed by atoms with E-state index in [1.807, 2.05) is 48.5 Å². The number of aromatic amines is 2. The van der Waals surface area contributed by atoms with Crippen molar-refractivity contribution in [1.82, 2.24) is 9.97 Å². The molecule has 0 bridgehead atoms. The SMILES string of the molecule is CCC(CC)(c1ccc(N=Nc2ccccc2C(C)=O)[nH]1)c1ccc(N=Nc2ccccc2C(C)=O)[nH]1. The van der Waals surface area contributed by atoms with E-state index in [2.05, 4.69) is 44.3 Å². The number of aromatic nitrogens is 2. The van der Waals surface area contributed by atoms with Crippen LogP contribution in [-0.2, 0) is 5.41 Å². The average Bonchev–Trinajstić information content (AvgIpc) is 3.58. The molecule has 4 rings (SSSR count). The van der Waals surface area contributed by atoms with Crippen molar-refractivity contribution in [3.63, 3.8) is 0 Å². The summed E-state index contributed by atoms with van der Waals surface area (Å²) >= 11 is 0. The number of carbonyl (C=O) groups excluding carboxylic acids is 2. The highest BCUT2D eigenvalue weighted by Gasteiger charge is 2.33. The highest BCUT2D eigenvalue weighted by Crippen LogP contribution is 2.40. The Morgan fingerprint density at radius 2 is 1.03 bits per heavy atom. The van der Waals surface area contributed by atoms with E-state index in [1.165, 1.54) is 13.8 Å². The molecule has 0 radical (unpaired) electrons. The van der Waals surface area contributed by atoms with Crippen LogP contribution >= 0.6 is 0 Å². The first kappa shape index (κ1) is 25.6. The number of azo groups is 2. The second-order valence-electron chi connectivity index (χ2n) is 8.85. The topological polar surface area (TPSA) is 115 Å². The predicted octanol–water partition coefficient (Wildman–Crippen LogP) is 8.68. The Hall–Kier alpha value is -4.46. The molecule has 0 spiro atoms. The van der Waals surface area contributed by atoms with Crippen molar-refractivity contribution in [3.8, 4) is 0 Å². The lowest BCUT2D eigenvalue weighted by atomic mass is 9.76.